The Kier molecular flexibility index (Phi) is 4.45. The van der Waals surface area contributed by atoms with Crippen molar-refractivity contribution < 1.29 is 5.11 Å². The summed E-state index contributed by atoms with van der Waals surface area (Å²) in [5.74, 6) is 0.331. The zero-order chi connectivity index (χ0) is 11.6. The van der Waals surface area contributed by atoms with E-state index in [0.717, 1.165) is 5.56 Å². The first-order valence-electron chi connectivity index (χ1n) is 5.14. The summed E-state index contributed by atoms with van der Waals surface area (Å²) >= 11 is 12.3. The lowest BCUT2D eigenvalue weighted by atomic mass is 9.97. The lowest BCUT2D eigenvalue weighted by molar-refractivity contribution is 0.174. The Bertz CT molecular complexity index is 348. The zero-order valence-electron chi connectivity index (χ0n) is 9.22. The van der Waals surface area contributed by atoms with E-state index in [4.69, 9.17) is 23.2 Å². The summed E-state index contributed by atoms with van der Waals surface area (Å²) in [7, 11) is 0. The first kappa shape index (κ1) is 12.8. The highest BCUT2D eigenvalue weighted by Crippen LogP contribution is 2.37. The fourth-order valence-electron chi connectivity index (χ4n) is 1.54. The van der Waals surface area contributed by atoms with Gasteiger partial charge in [0.25, 0.3) is 0 Å². The molecule has 0 saturated carbocycles. The largest absolute Gasteiger partial charge is 0.388 e. The molecule has 0 fully saturated rings. The van der Waals surface area contributed by atoms with E-state index in [-0.39, 0.29) is 0 Å². The van der Waals surface area contributed by atoms with E-state index in [1.54, 1.807) is 6.07 Å². The van der Waals surface area contributed by atoms with Gasteiger partial charge in [-0.25, -0.2) is 0 Å². The molecule has 1 rings (SSSR count). The monoisotopic (exact) mass is 246 g/mol. The van der Waals surface area contributed by atoms with Gasteiger partial charge in [-0.1, -0.05) is 50.0 Å². The molecule has 84 valence electrons. The highest BCUT2D eigenvalue weighted by atomic mass is 35.5. The van der Waals surface area contributed by atoms with Gasteiger partial charge in [-0.05, 0) is 24.0 Å². The predicted octanol–water partition coefficient (Wildman–Crippen LogP) is 4.56. The molecule has 0 radical (unpaired) electrons. The van der Waals surface area contributed by atoms with Crippen molar-refractivity contribution in [1.82, 2.24) is 0 Å². The average molecular weight is 247 g/mol. The van der Waals surface area contributed by atoms with Crippen LogP contribution in [0.5, 0.6) is 0 Å². The van der Waals surface area contributed by atoms with E-state index in [1.165, 1.54) is 0 Å². The molecule has 0 spiro atoms. The van der Waals surface area contributed by atoms with Gasteiger partial charge < -0.3 is 5.11 Å². The summed E-state index contributed by atoms with van der Waals surface area (Å²) in [6, 6.07) is 3.72. The van der Waals surface area contributed by atoms with Crippen LogP contribution in [-0.4, -0.2) is 5.11 Å². The maximum absolute atomic E-state index is 9.83. The molecule has 0 aliphatic rings. The fraction of sp³-hybridized carbons (Fsp3) is 0.500. The van der Waals surface area contributed by atoms with Gasteiger partial charge in [0.2, 0.25) is 0 Å². The molecular formula is C12H16Cl2O. The van der Waals surface area contributed by atoms with E-state index in [2.05, 4.69) is 13.8 Å². The van der Waals surface area contributed by atoms with Gasteiger partial charge in [0, 0.05) is 10.6 Å². The molecule has 1 unspecified atom stereocenters. The SMILES string of the molecule is CCC(O)c1c(Cl)ccc(C(C)C)c1Cl. The van der Waals surface area contributed by atoms with Crippen LogP contribution in [-0.2, 0) is 0 Å². The molecule has 1 nitrogen and oxygen atoms in total. The molecule has 1 aromatic carbocycles. The summed E-state index contributed by atoms with van der Waals surface area (Å²) in [5, 5.41) is 11.0. The van der Waals surface area contributed by atoms with Crippen LogP contribution in [0.1, 0.15) is 50.3 Å². The summed E-state index contributed by atoms with van der Waals surface area (Å²) in [6.45, 7) is 6.04. The second-order valence-corrected chi connectivity index (χ2v) is 4.73. The molecule has 1 aromatic rings. The third-order valence-electron chi connectivity index (χ3n) is 2.50. The van der Waals surface area contributed by atoms with Crippen molar-refractivity contribution in [3.05, 3.63) is 33.3 Å². The van der Waals surface area contributed by atoms with Crippen LogP contribution in [0.4, 0.5) is 0 Å². The van der Waals surface area contributed by atoms with E-state index >= 15 is 0 Å². The van der Waals surface area contributed by atoms with Crippen molar-refractivity contribution in [3.63, 3.8) is 0 Å². The van der Waals surface area contributed by atoms with E-state index < -0.39 is 6.10 Å². The van der Waals surface area contributed by atoms with Gasteiger partial charge in [-0.2, -0.15) is 0 Å². The number of aliphatic hydroxyl groups excluding tert-OH is 1. The van der Waals surface area contributed by atoms with Crippen molar-refractivity contribution in [2.75, 3.05) is 0 Å². The predicted molar refractivity (Wildman–Crippen MR) is 65.8 cm³/mol. The zero-order valence-corrected chi connectivity index (χ0v) is 10.7. The highest BCUT2D eigenvalue weighted by molar-refractivity contribution is 6.36. The van der Waals surface area contributed by atoms with Gasteiger partial charge in [-0.3, -0.25) is 0 Å². The van der Waals surface area contributed by atoms with Gasteiger partial charge in [-0.15, -0.1) is 0 Å². The molecule has 0 aliphatic heterocycles. The standard InChI is InChI=1S/C12H16Cl2O/c1-4-10(15)11-9(13)6-5-8(7(2)3)12(11)14/h5-7,10,15H,4H2,1-3H3. The minimum Gasteiger partial charge on any atom is -0.388 e. The Labute approximate surface area is 101 Å². The van der Waals surface area contributed by atoms with Crippen molar-refractivity contribution in [3.8, 4) is 0 Å². The minimum atomic E-state index is -0.580. The third-order valence-corrected chi connectivity index (χ3v) is 3.25. The van der Waals surface area contributed by atoms with Crippen molar-refractivity contribution in [1.29, 1.82) is 0 Å². The number of hydrogen-bond donors (Lipinski definition) is 1. The summed E-state index contributed by atoms with van der Waals surface area (Å²) < 4.78 is 0. The summed E-state index contributed by atoms with van der Waals surface area (Å²) in [6.07, 6.45) is 0.0322. The van der Waals surface area contributed by atoms with E-state index in [9.17, 15) is 5.11 Å². The lowest BCUT2D eigenvalue weighted by Gasteiger charge is -2.17. The van der Waals surface area contributed by atoms with E-state index in [1.807, 2.05) is 13.0 Å². The average Bonchev–Trinajstić information content (AvgIpc) is 2.16. The van der Waals surface area contributed by atoms with Crippen molar-refractivity contribution in [2.45, 2.75) is 39.2 Å². The molecule has 0 aliphatic carbocycles. The van der Waals surface area contributed by atoms with Gasteiger partial charge in [0.1, 0.15) is 0 Å². The first-order chi connectivity index (χ1) is 6.99. The highest BCUT2D eigenvalue weighted by Gasteiger charge is 2.17. The molecule has 15 heavy (non-hydrogen) atoms. The maximum Gasteiger partial charge on any atom is 0.0816 e. The van der Waals surface area contributed by atoms with Crippen LogP contribution < -0.4 is 0 Å². The second-order valence-electron chi connectivity index (χ2n) is 3.94. The van der Waals surface area contributed by atoms with Crippen LogP contribution in [0.15, 0.2) is 12.1 Å². The minimum absolute atomic E-state index is 0.331. The Morgan fingerprint density at radius 3 is 2.33 bits per heavy atom. The quantitative estimate of drug-likeness (QED) is 0.830. The topological polar surface area (TPSA) is 20.2 Å². The van der Waals surface area contributed by atoms with Crippen molar-refractivity contribution >= 4 is 23.2 Å². The first-order valence-corrected chi connectivity index (χ1v) is 5.90. The van der Waals surface area contributed by atoms with Gasteiger partial charge in [0.05, 0.1) is 11.1 Å². The number of hydrogen-bond acceptors (Lipinski definition) is 1. The molecule has 1 N–H and O–H groups in total. The van der Waals surface area contributed by atoms with Crippen LogP contribution >= 0.6 is 23.2 Å². The van der Waals surface area contributed by atoms with Crippen molar-refractivity contribution in [2.24, 2.45) is 0 Å². The molecule has 0 amide bonds. The van der Waals surface area contributed by atoms with Gasteiger partial charge in [0.15, 0.2) is 0 Å². The summed E-state index contributed by atoms with van der Waals surface area (Å²) in [4.78, 5) is 0. The molecular weight excluding hydrogens is 231 g/mol. The second kappa shape index (κ2) is 5.20. The molecule has 0 saturated heterocycles. The number of rotatable bonds is 3. The Hall–Kier alpha value is -0.240. The molecule has 0 aromatic heterocycles. The fourth-order valence-corrected chi connectivity index (χ4v) is 2.38. The van der Waals surface area contributed by atoms with E-state index in [0.29, 0.717) is 27.9 Å². The lowest BCUT2D eigenvalue weighted by Crippen LogP contribution is -2.01. The molecule has 3 heteroatoms. The molecule has 1 atom stereocenters. The van der Waals surface area contributed by atoms with Crippen LogP contribution in [0.2, 0.25) is 10.0 Å². The summed E-state index contributed by atoms with van der Waals surface area (Å²) in [5.41, 5.74) is 1.69. The number of aliphatic hydroxyl groups is 1. The smallest absolute Gasteiger partial charge is 0.0816 e. The van der Waals surface area contributed by atoms with Crippen LogP contribution in [0.3, 0.4) is 0 Å². The number of benzene rings is 1. The third kappa shape index (κ3) is 2.66. The Balaban J connectivity index is 3.30. The van der Waals surface area contributed by atoms with Crippen LogP contribution in [0.25, 0.3) is 0 Å². The maximum atomic E-state index is 9.83. The number of halogens is 2. The van der Waals surface area contributed by atoms with Gasteiger partial charge >= 0.3 is 0 Å². The Morgan fingerprint density at radius 2 is 1.87 bits per heavy atom. The molecule has 0 bridgehead atoms. The van der Waals surface area contributed by atoms with Crippen LogP contribution in [0, 0.1) is 0 Å². The normalized spacial score (nSPS) is 13.3. The Morgan fingerprint density at radius 1 is 1.27 bits per heavy atom. The molecule has 0 heterocycles.